The second-order valence-electron chi connectivity index (χ2n) is 4.41. The van der Waals surface area contributed by atoms with Gasteiger partial charge in [0.05, 0.1) is 0 Å². The molecule has 0 unspecified atom stereocenters. The van der Waals surface area contributed by atoms with Crippen molar-refractivity contribution >= 4 is 11.5 Å². The Kier molecular flexibility index (Phi) is 4.25. The third-order valence-corrected chi connectivity index (χ3v) is 3.02. The van der Waals surface area contributed by atoms with Gasteiger partial charge in [-0.25, -0.2) is 0 Å². The molecular weight excluding hydrogens is 252 g/mol. The summed E-state index contributed by atoms with van der Waals surface area (Å²) in [5.41, 5.74) is 2.25. The second-order valence-corrected chi connectivity index (χ2v) is 4.41. The summed E-state index contributed by atoms with van der Waals surface area (Å²) in [4.78, 5) is 15.6. The first-order chi connectivity index (χ1) is 9.63. The highest BCUT2D eigenvalue weighted by Gasteiger charge is 2.16. The third-order valence-electron chi connectivity index (χ3n) is 3.02. The number of carbonyl (C=O) groups excluding carboxylic acids is 1. The van der Waals surface area contributed by atoms with Gasteiger partial charge in [-0.05, 0) is 29.7 Å². The van der Waals surface area contributed by atoms with Crippen LogP contribution in [0.2, 0.25) is 0 Å². The molecule has 0 aromatic carbocycles. The van der Waals surface area contributed by atoms with Crippen LogP contribution >= 0.6 is 0 Å². The van der Waals surface area contributed by atoms with E-state index in [4.69, 9.17) is 0 Å². The predicted octanol–water partition coefficient (Wildman–Crippen LogP) is 1.56. The number of carbonyl (C=O) groups is 1. The lowest BCUT2D eigenvalue weighted by atomic mass is 10.1. The Morgan fingerprint density at radius 2 is 1.70 bits per heavy atom. The van der Waals surface area contributed by atoms with Crippen molar-refractivity contribution in [2.75, 3.05) is 0 Å². The van der Waals surface area contributed by atoms with E-state index in [9.17, 15) is 9.90 Å². The number of aromatic nitrogens is 2. The van der Waals surface area contributed by atoms with Crippen LogP contribution in [-0.4, -0.2) is 10.8 Å². The Labute approximate surface area is 118 Å². The SMILES string of the molecule is CC/C([O-])=C(\C(C)=O)[n+]1ccc(-c2ccncc2)cc1. The third kappa shape index (κ3) is 2.91. The Morgan fingerprint density at radius 3 is 2.20 bits per heavy atom. The standard InChI is InChI=1S/C16H16N2O2/c1-3-15(20)16(12(2)19)18-10-6-14(7-11-18)13-4-8-17-9-5-13/h4-11H,3H2,1-2H3. The second kappa shape index (κ2) is 6.10. The van der Waals surface area contributed by atoms with Gasteiger partial charge in [0, 0.05) is 31.5 Å². The molecule has 0 aliphatic carbocycles. The summed E-state index contributed by atoms with van der Waals surface area (Å²) in [5.74, 6) is -0.377. The zero-order valence-corrected chi connectivity index (χ0v) is 11.5. The Morgan fingerprint density at radius 1 is 1.15 bits per heavy atom. The van der Waals surface area contributed by atoms with Crippen molar-refractivity contribution in [1.29, 1.82) is 0 Å². The molecule has 0 aliphatic rings. The smallest absolute Gasteiger partial charge is 0.241 e. The molecule has 2 heterocycles. The topological polar surface area (TPSA) is 56.9 Å². The Balaban J connectivity index is 2.40. The number of hydrogen-bond acceptors (Lipinski definition) is 3. The molecule has 0 atom stereocenters. The minimum absolute atomic E-state index is 0.154. The maximum Gasteiger partial charge on any atom is 0.241 e. The molecule has 102 valence electrons. The molecule has 2 aromatic rings. The predicted molar refractivity (Wildman–Crippen MR) is 74.1 cm³/mol. The number of Topliss-reactive ketones (excluding diaryl/α,β-unsaturated/α-hetero) is 1. The number of nitrogens with zero attached hydrogens (tertiary/aromatic N) is 2. The van der Waals surface area contributed by atoms with Gasteiger partial charge >= 0.3 is 0 Å². The van der Waals surface area contributed by atoms with Crippen LogP contribution in [0.5, 0.6) is 0 Å². The van der Waals surface area contributed by atoms with Crippen molar-refractivity contribution in [2.24, 2.45) is 0 Å². The Bertz CT molecular complexity index is 631. The largest absolute Gasteiger partial charge is 0.871 e. The first kappa shape index (κ1) is 13.9. The molecule has 0 radical (unpaired) electrons. The van der Waals surface area contributed by atoms with Gasteiger partial charge in [0.25, 0.3) is 0 Å². The summed E-state index contributed by atoms with van der Waals surface area (Å²) in [6, 6.07) is 7.57. The molecule has 2 aromatic heterocycles. The zero-order valence-electron chi connectivity index (χ0n) is 11.5. The molecular formula is C16H16N2O2. The monoisotopic (exact) mass is 268 g/mol. The average Bonchev–Trinajstić information content (AvgIpc) is 2.48. The quantitative estimate of drug-likeness (QED) is 0.480. The molecule has 0 N–H and O–H groups in total. The Hall–Kier alpha value is -2.49. The number of ketones is 1. The van der Waals surface area contributed by atoms with Crippen LogP contribution in [-0.2, 0) is 4.79 Å². The molecule has 0 amide bonds. The van der Waals surface area contributed by atoms with E-state index < -0.39 is 0 Å². The van der Waals surface area contributed by atoms with Gasteiger partial charge in [-0.3, -0.25) is 9.78 Å². The highest BCUT2D eigenvalue weighted by atomic mass is 16.3. The van der Waals surface area contributed by atoms with E-state index in [0.29, 0.717) is 6.42 Å². The van der Waals surface area contributed by atoms with Gasteiger partial charge in [-0.1, -0.05) is 12.7 Å². The first-order valence-corrected chi connectivity index (χ1v) is 6.46. The summed E-state index contributed by atoms with van der Waals surface area (Å²) in [6.07, 6.45) is 7.24. The molecule has 0 bridgehead atoms. The average molecular weight is 268 g/mol. The molecule has 2 rings (SSSR count). The summed E-state index contributed by atoms with van der Waals surface area (Å²) in [7, 11) is 0. The van der Waals surface area contributed by atoms with Crippen molar-refractivity contribution in [1.82, 2.24) is 4.98 Å². The summed E-state index contributed by atoms with van der Waals surface area (Å²) < 4.78 is 1.58. The van der Waals surface area contributed by atoms with Crippen LogP contribution in [0.25, 0.3) is 16.8 Å². The van der Waals surface area contributed by atoms with E-state index >= 15 is 0 Å². The molecule has 20 heavy (non-hydrogen) atoms. The molecule has 4 heteroatoms. The van der Waals surface area contributed by atoms with Crippen molar-refractivity contribution in [3.8, 4) is 11.1 Å². The van der Waals surface area contributed by atoms with Crippen molar-refractivity contribution in [3.63, 3.8) is 0 Å². The molecule has 0 saturated carbocycles. The van der Waals surface area contributed by atoms with E-state index in [1.54, 1.807) is 36.3 Å². The number of allylic oxidation sites excluding steroid dienone is 2. The minimum Gasteiger partial charge on any atom is -0.871 e. The van der Waals surface area contributed by atoms with E-state index in [1.807, 2.05) is 24.3 Å². The molecule has 4 nitrogen and oxygen atoms in total. The van der Waals surface area contributed by atoms with E-state index in [2.05, 4.69) is 4.98 Å². The van der Waals surface area contributed by atoms with Gasteiger partial charge in [-0.2, -0.15) is 4.57 Å². The van der Waals surface area contributed by atoms with Crippen molar-refractivity contribution in [3.05, 3.63) is 54.8 Å². The maximum absolute atomic E-state index is 11.8. The number of rotatable bonds is 4. The summed E-state index contributed by atoms with van der Waals surface area (Å²) in [6.45, 7) is 3.16. The van der Waals surface area contributed by atoms with Crippen LogP contribution in [0.4, 0.5) is 0 Å². The fourth-order valence-corrected chi connectivity index (χ4v) is 2.00. The summed E-state index contributed by atoms with van der Waals surface area (Å²) in [5, 5.41) is 11.8. The number of hydrogen-bond donors (Lipinski definition) is 0. The van der Waals surface area contributed by atoms with Gasteiger partial charge in [-0.15, -0.1) is 0 Å². The molecule has 0 fully saturated rings. The lowest BCUT2D eigenvalue weighted by molar-refractivity contribution is -0.582. The number of pyridine rings is 2. The van der Waals surface area contributed by atoms with Crippen LogP contribution < -0.4 is 9.67 Å². The fourth-order valence-electron chi connectivity index (χ4n) is 2.00. The highest BCUT2D eigenvalue weighted by Crippen LogP contribution is 2.16. The molecule has 0 saturated heterocycles. The first-order valence-electron chi connectivity index (χ1n) is 6.46. The van der Waals surface area contributed by atoms with E-state index in [-0.39, 0.29) is 17.2 Å². The van der Waals surface area contributed by atoms with Crippen molar-refractivity contribution in [2.45, 2.75) is 20.3 Å². The fraction of sp³-hybridized carbons (Fsp3) is 0.188. The van der Waals surface area contributed by atoms with Crippen LogP contribution in [0.1, 0.15) is 20.3 Å². The summed E-state index contributed by atoms with van der Waals surface area (Å²) >= 11 is 0. The highest BCUT2D eigenvalue weighted by molar-refractivity contribution is 6.10. The van der Waals surface area contributed by atoms with E-state index in [1.165, 1.54) is 6.92 Å². The van der Waals surface area contributed by atoms with Crippen LogP contribution in [0.3, 0.4) is 0 Å². The molecule has 0 aliphatic heterocycles. The normalized spacial score (nSPS) is 11.9. The maximum atomic E-state index is 11.8. The van der Waals surface area contributed by atoms with Crippen LogP contribution in [0.15, 0.2) is 54.8 Å². The van der Waals surface area contributed by atoms with Gasteiger partial charge in [0.2, 0.25) is 11.5 Å². The van der Waals surface area contributed by atoms with Gasteiger partial charge in [0.1, 0.15) is 0 Å². The van der Waals surface area contributed by atoms with Crippen LogP contribution in [0, 0.1) is 0 Å². The van der Waals surface area contributed by atoms with Crippen molar-refractivity contribution < 1.29 is 14.5 Å². The minimum atomic E-state index is -0.224. The lowest BCUT2D eigenvalue weighted by Gasteiger charge is -2.10. The zero-order chi connectivity index (χ0) is 14.5. The van der Waals surface area contributed by atoms with Gasteiger partial charge < -0.3 is 5.11 Å². The lowest BCUT2D eigenvalue weighted by Crippen LogP contribution is -2.37. The molecule has 0 spiro atoms. The van der Waals surface area contributed by atoms with Gasteiger partial charge in [0.15, 0.2) is 12.4 Å². The van der Waals surface area contributed by atoms with E-state index in [0.717, 1.165) is 11.1 Å².